The largest absolute Gasteiger partial charge is 0.494 e. The zero-order valence-corrected chi connectivity index (χ0v) is 17.8. The van der Waals surface area contributed by atoms with E-state index in [1.54, 1.807) is 18.2 Å². The molecule has 1 aliphatic heterocycles. The fraction of sp³-hybridized carbons (Fsp3) is 0.667. The fourth-order valence-electron chi connectivity index (χ4n) is 4.17. The molecule has 1 heterocycles. The molecule has 7 heteroatoms. The summed E-state index contributed by atoms with van der Waals surface area (Å²) < 4.78 is 33.0. The molecular formula is C21H32N2O4S. The maximum atomic E-state index is 13.0. The predicted octanol–water partition coefficient (Wildman–Crippen LogP) is 3.24. The Morgan fingerprint density at radius 1 is 1.14 bits per heavy atom. The van der Waals surface area contributed by atoms with Crippen molar-refractivity contribution in [1.29, 1.82) is 0 Å². The van der Waals surface area contributed by atoms with Crippen molar-refractivity contribution >= 4 is 15.9 Å². The second kappa shape index (κ2) is 9.27. The summed E-state index contributed by atoms with van der Waals surface area (Å²) in [4.78, 5) is 12.8. The number of piperidine rings is 1. The monoisotopic (exact) mass is 408 g/mol. The lowest BCUT2D eigenvalue weighted by Gasteiger charge is -2.32. The van der Waals surface area contributed by atoms with Crippen LogP contribution in [0.25, 0.3) is 0 Å². The van der Waals surface area contributed by atoms with Crippen molar-refractivity contribution < 1.29 is 17.9 Å². The highest BCUT2D eigenvalue weighted by Crippen LogP contribution is 2.28. The smallest absolute Gasteiger partial charge is 0.243 e. The van der Waals surface area contributed by atoms with Gasteiger partial charge in [-0.2, -0.15) is 4.31 Å². The third-order valence-electron chi connectivity index (χ3n) is 5.86. The van der Waals surface area contributed by atoms with Crippen molar-refractivity contribution in [3.63, 3.8) is 0 Å². The summed E-state index contributed by atoms with van der Waals surface area (Å²) in [5.74, 6) is 0.718. The highest BCUT2D eigenvalue weighted by atomic mass is 32.2. The predicted molar refractivity (Wildman–Crippen MR) is 109 cm³/mol. The highest BCUT2D eigenvalue weighted by Gasteiger charge is 2.33. The van der Waals surface area contributed by atoms with Crippen molar-refractivity contribution in [3.05, 3.63) is 23.8 Å². The van der Waals surface area contributed by atoms with E-state index in [2.05, 4.69) is 5.32 Å². The van der Waals surface area contributed by atoms with Crippen molar-refractivity contribution in [2.24, 2.45) is 5.92 Å². The van der Waals surface area contributed by atoms with Gasteiger partial charge >= 0.3 is 0 Å². The lowest BCUT2D eigenvalue weighted by atomic mass is 9.93. The Bertz CT molecular complexity index is 780. The second-order valence-electron chi connectivity index (χ2n) is 7.88. The van der Waals surface area contributed by atoms with Gasteiger partial charge in [0, 0.05) is 25.0 Å². The topological polar surface area (TPSA) is 75.7 Å². The average molecular weight is 409 g/mol. The van der Waals surface area contributed by atoms with Crippen LogP contribution in [0.1, 0.15) is 57.4 Å². The molecule has 0 unspecified atom stereocenters. The normalized spacial score (nSPS) is 20.1. The standard InChI is InChI=1S/C21H32N2O4S/c1-3-27-20-10-9-19(15-16(20)2)28(25,26)23-13-11-17(12-14-23)21(24)22-18-7-5-4-6-8-18/h9-10,15,17-18H,3-8,11-14H2,1-2H3,(H,22,24). The maximum absolute atomic E-state index is 13.0. The molecule has 156 valence electrons. The molecule has 0 aromatic heterocycles. The summed E-state index contributed by atoms with van der Waals surface area (Å²) in [5, 5.41) is 3.18. The molecule has 28 heavy (non-hydrogen) atoms. The maximum Gasteiger partial charge on any atom is 0.243 e. The number of amides is 1. The minimum absolute atomic E-state index is 0.0876. The van der Waals surface area contributed by atoms with Gasteiger partial charge in [0.05, 0.1) is 11.5 Å². The Balaban J connectivity index is 1.58. The van der Waals surface area contributed by atoms with Crippen LogP contribution in [0.4, 0.5) is 0 Å². The molecule has 6 nitrogen and oxygen atoms in total. The number of aryl methyl sites for hydroxylation is 1. The van der Waals surface area contributed by atoms with Gasteiger partial charge in [0.15, 0.2) is 0 Å². The van der Waals surface area contributed by atoms with Crippen LogP contribution in [-0.4, -0.2) is 44.4 Å². The van der Waals surface area contributed by atoms with Crippen LogP contribution in [0.3, 0.4) is 0 Å². The van der Waals surface area contributed by atoms with Gasteiger partial charge in [-0.3, -0.25) is 4.79 Å². The van der Waals surface area contributed by atoms with E-state index in [0.29, 0.717) is 49.2 Å². The number of carbonyl (C=O) groups excluding carboxylic acids is 1. The van der Waals surface area contributed by atoms with Crippen molar-refractivity contribution in [2.45, 2.75) is 69.7 Å². The Morgan fingerprint density at radius 3 is 2.43 bits per heavy atom. The average Bonchev–Trinajstić information content (AvgIpc) is 2.70. The molecule has 1 saturated heterocycles. The molecule has 1 amide bonds. The summed E-state index contributed by atoms with van der Waals surface area (Å²) in [6.45, 7) is 5.07. The number of carbonyl (C=O) groups is 1. The molecule has 1 aromatic rings. The Hall–Kier alpha value is -1.60. The summed E-state index contributed by atoms with van der Waals surface area (Å²) in [5.41, 5.74) is 0.810. The van der Waals surface area contributed by atoms with Crippen LogP contribution in [0, 0.1) is 12.8 Å². The van der Waals surface area contributed by atoms with Gasteiger partial charge in [-0.05, 0) is 63.3 Å². The number of hydrogen-bond donors (Lipinski definition) is 1. The number of ether oxygens (including phenoxy) is 1. The van der Waals surface area contributed by atoms with E-state index >= 15 is 0 Å². The molecule has 0 bridgehead atoms. The fourth-order valence-corrected chi connectivity index (χ4v) is 5.73. The second-order valence-corrected chi connectivity index (χ2v) is 9.82. The highest BCUT2D eigenvalue weighted by molar-refractivity contribution is 7.89. The van der Waals surface area contributed by atoms with Crippen LogP contribution in [0.2, 0.25) is 0 Å². The van der Waals surface area contributed by atoms with Crippen LogP contribution in [-0.2, 0) is 14.8 Å². The number of nitrogens with one attached hydrogen (secondary N) is 1. The third-order valence-corrected chi connectivity index (χ3v) is 7.75. The first kappa shape index (κ1) is 21.1. The van der Waals surface area contributed by atoms with Crippen LogP contribution in [0.15, 0.2) is 23.1 Å². The van der Waals surface area contributed by atoms with Crippen molar-refractivity contribution in [1.82, 2.24) is 9.62 Å². The zero-order valence-electron chi connectivity index (χ0n) is 16.9. The zero-order chi connectivity index (χ0) is 20.1. The van der Waals surface area contributed by atoms with E-state index in [0.717, 1.165) is 18.4 Å². The molecule has 1 saturated carbocycles. The van der Waals surface area contributed by atoms with E-state index in [1.165, 1.54) is 23.6 Å². The number of hydrogen-bond acceptors (Lipinski definition) is 4. The minimum Gasteiger partial charge on any atom is -0.494 e. The lowest BCUT2D eigenvalue weighted by Crippen LogP contribution is -2.45. The van der Waals surface area contributed by atoms with E-state index in [1.807, 2.05) is 13.8 Å². The Morgan fingerprint density at radius 2 is 1.82 bits per heavy atom. The van der Waals surface area contributed by atoms with Crippen LogP contribution >= 0.6 is 0 Å². The first-order chi connectivity index (χ1) is 13.4. The van der Waals surface area contributed by atoms with Crippen molar-refractivity contribution in [2.75, 3.05) is 19.7 Å². The summed E-state index contributed by atoms with van der Waals surface area (Å²) >= 11 is 0. The van der Waals surface area contributed by atoms with E-state index in [4.69, 9.17) is 4.74 Å². The first-order valence-corrected chi connectivity index (χ1v) is 11.9. The lowest BCUT2D eigenvalue weighted by molar-refractivity contribution is -0.127. The van der Waals surface area contributed by atoms with Gasteiger partial charge in [0.1, 0.15) is 5.75 Å². The molecule has 2 aliphatic rings. The molecule has 1 N–H and O–H groups in total. The Labute approximate surface area is 168 Å². The minimum atomic E-state index is -3.55. The first-order valence-electron chi connectivity index (χ1n) is 10.5. The SMILES string of the molecule is CCOc1ccc(S(=O)(=O)N2CCC(C(=O)NC3CCCCC3)CC2)cc1C. The molecule has 0 radical (unpaired) electrons. The summed E-state index contributed by atoms with van der Waals surface area (Å²) in [7, 11) is -3.55. The molecule has 3 rings (SSSR count). The molecule has 0 atom stereocenters. The van der Waals surface area contributed by atoms with Crippen LogP contribution < -0.4 is 10.1 Å². The molecule has 2 fully saturated rings. The number of rotatable bonds is 6. The summed E-state index contributed by atoms with van der Waals surface area (Å²) in [6, 6.07) is 5.29. The van der Waals surface area contributed by atoms with Crippen LogP contribution in [0.5, 0.6) is 5.75 Å². The van der Waals surface area contributed by atoms with E-state index < -0.39 is 10.0 Å². The number of sulfonamides is 1. The molecule has 1 aliphatic carbocycles. The molecule has 0 spiro atoms. The van der Waals surface area contributed by atoms with Gasteiger partial charge < -0.3 is 10.1 Å². The van der Waals surface area contributed by atoms with Gasteiger partial charge in [-0.25, -0.2) is 8.42 Å². The number of nitrogens with zero attached hydrogens (tertiary/aromatic N) is 1. The molecular weight excluding hydrogens is 376 g/mol. The van der Waals surface area contributed by atoms with Gasteiger partial charge in [0.25, 0.3) is 0 Å². The van der Waals surface area contributed by atoms with Gasteiger partial charge in [0.2, 0.25) is 15.9 Å². The van der Waals surface area contributed by atoms with E-state index in [9.17, 15) is 13.2 Å². The number of benzene rings is 1. The Kier molecular flexibility index (Phi) is 6.99. The van der Waals surface area contributed by atoms with Gasteiger partial charge in [-0.15, -0.1) is 0 Å². The quantitative estimate of drug-likeness (QED) is 0.784. The molecule has 1 aromatic carbocycles. The van der Waals surface area contributed by atoms with E-state index in [-0.39, 0.29) is 11.8 Å². The van der Waals surface area contributed by atoms with Crippen molar-refractivity contribution in [3.8, 4) is 5.75 Å². The van der Waals surface area contributed by atoms with Gasteiger partial charge in [-0.1, -0.05) is 19.3 Å². The third kappa shape index (κ3) is 4.87. The summed E-state index contributed by atoms with van der Waals surface area (Å²) in [6.07, 6.45) is 6.91.